The minimum atomic E-state index is -0.611. The van der Waals surface area contributed by atoms with Gasteiger partial charge in [0.25, 0.3) is 0 Å². The van der Waals surface area contributed by atoms with Crippen LogP contribution in [-0.2, 0) is 0 Å². The predicted molar refractivity (Wildman–Crippen MR) is 111 cm³/mol. The highest BCUT2D eigenvalue weighted by Crippen LogP contribution is 2.33. The molecule has 4 rings (SSSR count). The minimum Gasteiger partial charge on any atom is -0.390 e. The molecule has 0 radical (unpaired) electrons. The summed E-state index contributed by atoms with van der Waals surface area (Å²) < 4.78 is 3.37. The number of rotatable bonds is 5. The first-order valence-electron chi connectivity index (χ1n) is 8.96. The molecule has 0 amide bonds. The summed E-state index contributed by atoms with van der Waals surface area (Å²) in [4.78, 5) is 6.57. The van der Waals surface area contributed by atoms with Crippen molar-refractivity contribution in [1.82, 2.24) is 4.98 Å². The Morgan fingerprint density at radius 3 is 2.63 bits per heavy atom. The Labute approximate surface area is 163 Å². The minimum absolute atomic E-state index is 0.327. The molecule has 0 unspecified atom stereocenters. The van der Waals surface area contributed by atoms with Crippen LogP contribution in [0.1, 0.15) is 19.4 Å². The number of aliphatic hydroxyl groups is 1. The van der Waals surface area contributed by atoms with Crippen LogP contribution in [0.15, 0.2) is 53.6 Å². The van der Waals surface area contributed by atoms with Crippen molar-refractivity contribution in [2.75, 3.05) is 22.7 Å². The summed E-state index contributed by atoms with van der Waals surface area (Å²) in [7, 11) is 0. The lowest BCUT2D eigenvalue weighted by molar-refractivity contribution is 0.00459. The Morgan fingerprint density at radius 1 is 1.22 bits per heavy atom. The van der Waals surface area contributed by atoms with Gasteiger partial charge in [0, 0.05) is 41.2 Å². The molecule has 3 aromatic rings. The molecule has 1 aromatic heterocycles. The van der Waals surface area contributed by atoms with Gasteiger partial charge in [-0.2, -0.15) is 5.26 Å². The van der Waals surface area contributed by atoms with Gasteiger partial charge in [0.1, 0.15) is 6.07 Å². The van der Waals surface area contributed by atoms with E-state index in [1.165, 1.54) is 5.69 Å². The molecule has 5 nitrogen and oxygen atoms in total. The molecule has 1 fully saturated rings. The maximum Gasteiger partial charge on any atom is 0.101 e. The number of benzene rings is 2. The molecule has 2 aromatic carbocycles. The Kier molecular flexibility index (Phi) is 4.50. The van der Waals surface area contributed by atoms with Crippen molar-refractivity contribution >= 4 is 34.2 Å². The number of hydrogen-bond acceptors (Lipinski definition) is 5. The molecule has 1 saturated heterocycles. The summed E-state index contributed by atoms with van der Waals surface area (Å²) in [6.45, 7) is 5.55. The Balaban J connectivity index is 1.40. The van der Waals surface area contributed by atoms with Crippen molar-refractivity contribution in [2.24, 2.45) is 5.92 Å². The molecule has 0 atom stereocenters. The number of H-pyrrole nitrogens is 1. The van der Waals surface area contributed by atoms with E-state index in [0.29, 0.717) is 11.5 Å². The van der Waals surface area contributed by atoms with Gasteiger partial charge >= 0.3 is 0 Å². The van der Waals surface area contributed by atoms with Crippen LogP contribution in [0.4, 0.5) is 11.4 Å². The van der Waals surface area contributed by atoms with Gasteiger partial charge < -0.3 is 19.7 Å². The molecule has 3 N–H and O–H groups in total. The van der Waals surface area contributed by atoms with Crippen LogP contribution in [0.3, 0.4) is 0 Å². The maximum atomic E-state index is 10.1. The van der Waals surface area contributed by atoms with E-state index in [0.717, 1.165) is 34.6 Å². The largest absolute Gasteiger partial charge is 0.390 e. The third-order valence-corrected chi connectivity index (χ3v) is 6.03. The number of aromatic amines is 1. The fraction of sp³-hybridized carbons (Fsp3) is 0.286. The van der Waals surface area contributed by atoms with Gasteiger partial charge in [0.2, 0.25) is 0 Å². The van der Waals surface area contributed by atoms with Crippen LogP contribution >= 0.6 is 11.9 Å². The second kappa shape index (κ2) is 6.84. The Morgan fingerprint density at radius 2 is 1.96 bits per heavy atom. The molecule has 138 valence electrons. The fourth-order valence-corrected chi connectivity index (χ4v) is 3.98. The predicted octanol–water partition coefficient (Wildman–Crippen LogP) is 4.37. The van der Waals surface area contributed by atoms with E-state index in [2.05, 4.69) is 44.9 Å². The first kappa shape index (κ1) is 17.8. The topological polar surface area (TPSA) is 75.1 Å². The summed E-state index contributed by atoms with van der Waals surface area (Å²) in [5.41, 5.74) is 3.13. The van der Waals surface area contributed by atoms with Crippen molar-refractivity contribution in [2.45, 2.75) is 24.3 Å². The number of para-hydroxylation sites is 1. The normalized spacial score (nSPS) is 14.8. The van der Waals surface area contributed by atoms with Gasteiger partial charge in [-0.3, -0.25) is 0 Å². The van der Waals surface area contributed by atoms with E-state index in [1.807, 2.05) is 32.0 Å². The van der Waals surface area contributed by atoms with Crippen molar-refractivity contribution in [3.8, 4) is 6.07 Å². The van der Waals surface area contributed by atoms with Crippen LogP contribution in [0.2, 0.25) is 0 Å². The average molecular weight is 379 g/mol. The Hall–Kier alpha value is -2.62. The summed E-state index contributed by atoms with van der Waals surface area (Å²) in [6.07, 6.45) is 1.74. The number of anilines is 2. The second-order valence-corrected chi connectivity index (χ2v) is 8.38. The fourth-order valence-electron chi connectivity index (χ4n) is 3.31. The maximum absolute atomic E-state index is 10.1. The summed E-state index contributed by atoms with van der Waals surface area (Å²) in [5, 5.41) is 20.2. The smallest absolute Gasteiger partial charge is 0.101 e. The van der Waals surface area contributed by atoms with Gasteiger partial charge in [-0.15, -0.1) is 0 Å². The van der Waals surface area contributed by atoms with Gasteiger partial charge in [-0.05, 0) is 56.1 Å². The lowest BCUT2D eigenvalue weighted by Crippen LogP contribution is -2.55. The number of hydrogen-bond donors (Lipinski definition) is 3. The highest BCUT2D eigenvalue weighted by atomic mass is 32.2. The van der Waals surface area contributed by atoms with Crippen LogP contribution in [0, 0.1) is 17.2 Å². The van der Waals surface area contributed by atoms with Crippen LogP contribution in [0.5, 0.6) is 0 Å². The quantitative estimate of drug-likeness (QED) is 0.575. The summed E-state index contributed by atoms with van der Waals surface area (Å²) >= 11 is 1.54. The number of aromatic nitrogens is 1. The first-order chi connectivity index (χ1) is 13.0. The molecular weight excluding hydrogens is 356 g/mol. The van der Waals surface area contributed by atoms with E-state index in [1.54, 1.807) is 18.1 Å². The zero-order valence-corrected chi connectivity index (χ0v) is 16.2. The molecule has 2 heterocycles. The summed E-state index contributed by atoms with van der Waals surface area (Å²) in [6, 6.07) is 16.5. The molecular formula is C21H22N4OS. The molecule has 1 aliphatic heterocycles. The van der Waals surface area contributed by atoms with Crippen LogP contribution < -0.4 is 9.62 Å². The van der Waals surface area contributed by atoms with Gasteiger partial charge in [-0.1, -0.05) is 12.1 Å². The van der Waals surface area contributed by atoms with Crippen molar-refractivity contribution in [3.05, 3.63) is 54.2 Å². The van der Waals surface area contributed by atoms with E-state index in [-0.39, 0.29) is 0 Å². The zero-order chi connectivity index (χ0) is 19.0. The second-order valence-electron chi connectivity index (χ2n) is 7.50. The van der Waals surface area contributed by atoms with E-state index < -0.39 is 5.60 Å². The average Bonchev–Trinajstić information content (AvgIpc) is 3.02. The van der Waals surface area contributed by atoms with Crippen LogP contribution in [0.25, 0.3) is 10.9 Å². The van der Waals surface area contributed by atoms with Crippen molar-refractivity contribution in [3.63, 3.8) is 0 Å². The summed E-state index contributed by atoms with van der Waals surface area (Å²) in [5.74, 6) is 0.327. The van der Waals surface area contributed by atoms with Crippen LogP contribution in [-0.4, -0.2) is 28.8 Å². The van der Waals surface area contributed by atoms with E-state index in [9.17, 15) is 5.11 Å². The monoisotopic (exact) mass is 378 g/mol. The van der Waals surface area contributed by atoms with E-state index >= 15 is 0 Å². The highest BCUT2D eigenvalue weighted by Gasteiger charge is 2.37. The third kappa shape index (κ3) is 3.48. The number of nitrogens with one attached hydrogen (secondary N) is 2. The lowest BCUT2D eigenvalue weighted by Gasteiger charge is -2.46. The highest BCUT2D eigenvalue weighted by molar-refractivity contribution is 8.00. The standard InChI is InChI=1S/C21H22N4OS/c1-21(2,26)15-12-25(13-15)16-6-8-17(9-7-16)27-24-19-5-3-4-18-14(10-22)11-23-20(18)19/h3-9,11,15,23-24,26H,12-13H2,1-2H3. The van der Waals surface area contributed by atoms with Crippen molar-refractivity contribution in [1.29, 1.82) is 5.26 Å². The number of fused-ring (bicyclic) bond motifs is 1. The molecule has 6 heteroatoms. The zero-order valence-electron chi connectivity index (χ0n) is 15.4. The Bertz CT molecular complexity index is 992. The molecule has 0 spiro atoms. The number of nitrogens with zero attached hydrogens (tertiary/aromatic N) is 2. The van der Waals surface area contributed by atoms with E-state index in [4.69, 9.17) is 5.26 Å². The molecule has 27 heavy (non-hydrogen) atoms. The third-order valence-electron chi connectivity index (χ3n) is 5.20. The van der Waals surface area contributed by atoms with Gasteiger partial charge in [-0.25, -0.2) is 0 Å². The van der Waals surface area contributed by atoms with Crippen molar-refractivity contribution < 1.29 is 5.11 Å². The number of nitriles is 1. The molecule has 0 aliphatic carbocycles. The molecule has 0 saturated carbocycles. The first-order valence-corrected chi connectivity index (χ1v) is 9.78. The van der Waals surface area contributed by atoms with Gasteiger partial charge in [0.15, 0.2) is 0 Å². The lowest BCUT2D eigenvalue weighted by atomic mass is 9.84. The van der Waals surface area contributed by atoms with Gasteiger partial charge in [0.05, 0.1) is 22.4 Å². The molecule has 0 bridgehead atoms. The molecule has 1 aliphatic rings. The SMILES string of the molecule is CC(C)(O)C1CN(c2ccc(SNc3cccc4c(C#N)c[nH]c34)cc2)C1.